The highest BCUT2D eigenvalue weighted by Gasteiger charge is 2.46. The first-order valence-electron chi connectivity index (χ1n) is 7.55. The van der Waals surface area contributed by atoms with Gasteiger partial charge in [-0.2, -0.15) is 13.2 Å². The third-order valence-electron chi connectivity index (χ3n) is 3.97. The van der Waals surface area contributed by atoms with E-state index in [2.05, 4.69) is 15.6 Å². The molecular formula is C15H21F3N4O. The zero-order chi connectivity index (χ0) is 17.0. The predicted octanol–water partition coefficient (Wildman–Crippen LogP) is 3.39. The van der Waals surface area contributed by atoms with Crippen molar-refractivity contribution < 1.29 is 18.0 Å². The van der Waals surface area contributed by atoms with E-state index in [0.29, 0.717) is 24.3 Å². The summed E-state index contributed by atoms with van der Waals surface area (Å²) in [5.74, 6) is 0.144. The Morgan fingerprint density at radius 3 is 2.43 bits per heavy atom. The van der Waals surface area contributed by atoms with Gasteiger partial charge in [-0.25, -0.2) is 9.78 Å². The molecule has 1 atom stereocenters. The van der Waals surface area contributed by atoms with Crippen molar-refractivity contribution in [1.29, 1.82) is 0 Å². The summed E-state index contributed by atoms with van der Waals surface area (Å²) < 4.78 is 39.5. The van der Waals surface area contributed by atoms with Gasteiger partial charge in [0.2, 0.25) is 0 Å². The summed E-state index contributed by atoms with van der Waals surface area (Å²) in [5, 5.41) is 4.47. The van der Waals surface area contributed by atoms with E-state index >= 15 is 0 Å². The summed E-state index contributed by atoms with van der Waals surface area (Å²) in [4.78, 5) is 17.8. The van der Waals surface area contributed by atoms with Crippen LogP contribution in [0.5, 0.6) is 0 Å². The molecule has 0 unspecified atom stereocenters. The zero-order valence-electron chi connectivity index (χ0n) is 13.2. The van der Waals surface area contributed by atoms with Crippen molar-refractivity contribution in [3.05, 3.63) is 18.3 Å². The van der Waals surface area contributed by atoms with Gasteiger partial charge in [-0.15, -0.1) is 0 Å². The number of anilines is 2. The SMILES string of the molecule is CN(C)c1ccc(NC(=O)N[C@H](C2CCCC2)C(F)(F)F)cn1. The summed E-state index contributed by atoms with van der Waals surface area (Å²) in [6, 6.07) is 0.603. The highest BCUT2D eigenvalue weighted by Crippen LogP contribution is 2.35. The molecule has 0 saturated heterocycles. The van der Waals surface area contributed by atoms with Crippen molar-refractivity contribution in [1.82, 2.24) is 10.3 Å². The Kier molecular flexibility index (Phi) is 5.33. The van der Waals surface area contributed by atoms with Crippen molar-refractivity contribution in [3.8, 4) is 0 Å². The van der Waals surface area contributed by atoms with E-state index in [1.165, 1.54) is 6.20 Å². The standard InChI is InChI=1S/C15H21F3N4O/c1-22(2)12-8-7-11(9-19-12)20-14(23)21-13(15(16,17)18)10-5-3-4-6-10/h7-10,13H,3-6H2,1-2H3,(H2,20,21,23)/t13-/m1/s1. The van der Waals surface area contributed by atoms with E-state index in [4.69, 9.17) is 0 Å². The molecule has 8 heteroatoms. The normalized spacial score (nSPS) is 16.9. The molecule has 0 spiro atoms. The Morgan fingerprint density at radius 2 is 1.96 bits per heavy atom. The maximum absolute atomic E-state index is 13.2. The number of carbonyl (C=O) groups excluding carboxylic acids is 1. The molecule has 1 saturated carbocycles. The Balaban J connectivity index is 1.98. The van der Waals surface area contributed by atoms with Gasteiger partial charge in [-0.05, 0) is 30.9 Å². The largest absolute Gasteiger partial charge is 0.408 e. The van der Waals surface area contributed by atoms with E-state index in [1.807, 2.05) is 14.1 Å². The molecule has 0 bridgehead atoms. The van der Waals surface area contributed by atoms with Gasteiger partial charge in [-0.3, -0.25) is 0 Å². The van der Waals surface area contributed by atoms with Gasteiger partial charge in [0.25, 0.3) is 0 Å². The average molecular weight is 330 g/mol. The summed E-state index contributed by atoms with van der Waals surface area (Å²) in [6.45, 7) is 0. The third kappa shape index (κ3) is 4.74. The van der Waals surface area contributed by atoms with Gasteiger partial charge in [-0.1, -0.05) is 12.8 Å². The minimum atomic E-state index is -4.45. The van der Waals surface area contributed by atoms with Crippen molar-refractivity contribution in [2.45, 2.75) is 37.9 Å². The molecule has 0 aromatic carbocycles. The Morgan fingerprint density at radius 1 is 1.30 bits per heavy atom. The van der Waals surface area contributed by atoms with Crippen LogP contribution in [0.2, 0.25) is 0 Å². The predicted molar refractivity (Wildman–Crippen MR) is 82.5 cm³/mol. The van der Waals surface area contributed by atoms with E-state index in [-0.39, 0.29) is 0 Å². The maximum atomic E-state index is 13.2. The Hall–Kier alpha value is -1.99. The van der Waals surface area contributed by atoms with Gasteiger partial charge in [0.1, 0.15) is 11.9 Å². The van der Waals surface area contributed by atoms with Gasteiger partial charge >= 0.3 is 12.2 Å². The topological polar surface area (TPSA) is 57.3 Å². The van der Waals surface area contributed by atoms with Gasteiger partial charge in [0.15, 0.2) is 0 Å². The van der Waals surface area contributed by atoms with Crippen LogP contribution in [0.4, 0.5) is 29.5 Å². The number of pyridine rings is 1. The fourth-order valence-electron chi connectivity index (χ4n) is 2.79. The van der Waals surface area contributed by atoms with Crippen molar-refractivity contribution >= 4 is 17.5 Å². The molecule has 0 aliphatic heterocycles. The number of amides is 2. The second-order valence-corrected chi connectivity index (χ2v) is 5.96. The van der Waals surface area contributed by atoms with Crippen LogP contribution in [0.25, 0.3) is 0 Å². The van der Waals surface area contributed by atoms with Gasteiger partial charge in [0, 0.05) is 14.1 Å². The minimum absolute atomic E-state index is 0.348. The first kappa shape index (κ1) is 17.4. The molecule has 2 amide bonds. The summed E-state index contributed by atoms with van der Waals surface area (Å²) >= 11 is 0. The van der Waals surface area contributed by atoms with Crippen LogP contribution in [0, 0.1) is 5.92 Å². The van der Waals surface area contributed by atoms with Crippen molar-refractivity contribution in [3.63, 3.8) is 0 Å². The fraction of sp³-hybridized carbons (Fsp3) is 0.600. The number of rotatable bonds is 4. The van der Waals surface area contributed by atoms with Gasteiger partial charge < -0.3 is 15.5 Å². The van der Waals surface area contributed by atoms with Crippen LogP contribution < -0.4 is 15.5 Å². The molecule has 2 rings (SSSR count). The average Bonchev–Trinajstić information content (AvgIpc) is 2.98. The number of alkyl halides is 3. The molecule has 1 aromatic rings. The van der Waals surface area contributed by atoms with E-state index in [1.54, 1.807) is 17.0 Å². The molecule has 5 nitrogen and oxygen atoms in total. The highest BCUT2D eigenvalue weighted by atomic mass is 19.4. The lowest BCUT2D eigenvalue weighted by molar-refractivity contribution is -0.164. The van der Waals surface area contributed by atoms with Crippen LogP contribution >= 0.6 is 0 Å². The summed E-state index contributed by atoms with van der Waals surface area (Å²) in [7, 11) is 3.63. The number of nitrogens with zero attached hydrogens (tertiary/aromatic N) is 2. The monoisotopic (exact) mass is 330 g/mol. The van der Waals surface area contributed by atoms with Crippen LogP contribution in [0.3, 0.4) is 0 Å². The number of nitrogens with one attached hydrogen (secondary N) is 2. The van der Waals surface area contributed by atoms with Crippen LogP contribution in [-0.4, -0.2) is 37.3 Å². The summed E-state index contributed by atoms with van der Waals surface area (Å²) in [6.07, 6.45) is -0.507. The van der Waals surface area contributed by atoms with E-state index in [0.717, 1.165) is 12.8 Å². The molecule has 1 fully saturated rings. The highest BCUT2D eigenvalue weighted by molar-refractivity contribution is 5.89. The molecule has 128 valence electrons. The second-order valence-electron chi connectivity index (χ2n) is 5.96. The number of carbonyl (C=O) groups is 1. The second kappa shape index (κ2) is 7.06. The smallest absolute Gasteiger partial charge is 0.363 e. The molecule has 1 aliphatic carbocycles. The molecule has 0 radical (unpaired) electrons. The minimum Gasteiger partial charge on any atom is -0.363 e. The molecule has 1 heterocycles. The van der Waals surface area contributed by atoms with E-state index in [9.17, 15) is 18.0 Å². The molecule has 2 N–H and O–H groups in total. The summed E-state index contributed by atoms with van der Waals surface area (Å²) in [5.41, 5.74) is 0.348. The quantitative estimate of drug-likeness (QED) is 0.890. The third-order valence-corrected chi connectivity index (χ3v) is 3.97. The number of halogens is 3. The lowest BCUT2D eigenvalue weighted by atomic mass is 9.98. The first-order chi connectivity index (χ1) is 10.8. The molecule has 1 aliphatic rings. The maximum Gasteiger partial charge on any atom is 0.408 e. The number of hydrogen-bond donors (Lipinski definition) is 2. The Bertz CT molecular complexity index is 525. The van der Waals surface area contributed by atoms with Crippen LogP contribution in [0.1, 0.15) is 25.7 Å². The van der Waals surface area contributed by atoms with Crippen molar-refractivity contribution in [2.75, 3.05) is 24.3 Å². The lowest BCUT2D eigenvalue weighted by Crippen LogP contribution is -2.50. The lowest BCUT2D eigenvalue weighted by Gasteiger charge is -2.27. The first-order valence-corrected chi connectivity index (χ1v) is 7.55. The number of urea groups is 1. The van der Waals surface area contributed by atoms with E-state index < -0.39 is 24.2 Å². The molecule has 23 heavy (non-hydrogen) atoms. The van der Waals surface area contributed by atoms with Crippen LogP contribution in [0.15, 0.2) is 18.3 Å². The van der Waals surface area contributed by atoms with Crippen molar-refractivity contribution in [2.24, 2.45) is 5.92 Å². The zero-order valence-corrected chi connectivity index (χ0v) is 13.2. The number of aromatic nitrogens is 1. The Labute approximate surface area is 133 Å². The molecule has 1 aromatic heterocycles. The van der Waals surface area contributed by atoms with Crippen LogP contribution in [-0.2, 0) is 0 Å². The molecular weight excluding hydrogens is 309 g/mol. The number of hydrogen-bond acceptors (Lipinski definition) is 3. The van der Waals surface area contributed by atoms with Gasteiger partial charge in [0.05, 0.1) is 11.9 Å². The fourth-order valence-corrected chi connectivity index (χ4v) is 2.79.